The van der Waals surface area contributed by atoms with Gasteiger partial charge in [0.05, 0.1) is 5.60 Å². The molecular formula is C17H26ClN3O. The highest BCUT2D eigenvalue weighted by Crippen LogP contribution is 2.24. The topological polar surface area (TPSA) is 30.0 Å². The Bertz CT molecular complexity index is 504. The van der Waals surface area contributed by atoms with Gasteiger partial charge >= 0.3 is 0 Å². The maximum Gasteiger partial charge on any atom is 0.0900 e. The van der Waals surface area contributed by atoms with E-state index in [1.807, 2.05) is 18.2 Å². The van der Waals surface area contributed by atoms with Crippen molar-refractivity contribution in [3.63, 3.8) is 0 Å². The average Bonchev–Trinajstić information content (AvgIpc) is 2.47. The number of hydrogen-bond donors (Lipinski definition) is 1. The second-order valence-electron chi connectivity index (χ2n) is 6.81. The van der Waals surface area contributed by atoms with Gasteiger partial charge in [0.2, 0.25) is 0 Å². The number of benzene rings is 1. The van der Waals surface area contributed by atoms with Crippen molar-refractivity contribution in [1.29, 1.82) is 0 Å². The monoisotopic (exact) mass is 323 g/mol. The number of hydrogen-bond acceptors (Lipinski definition) is 4. The van der Waals surface area contributed by atoms with Gasteiger partial charge in [-0.05, 0) is 44.6 Å². The molecule has 0 amide bonds. The number of piperazine rings is 1. The zero-order chi connectivity index (χ0) is 15.6. The third-order valence-corrected chi connectivity index (χ3v) is 5.04. The number of aliphatic hydroxyl groups is 1. The molecule has 0 saturated carbocycles. The summed E-state index contributed by atoms with van der Waals surface area (Å²) in [7, 11) is 2.10. The van der Waals surface area contributed by atoms with E-state index in [1.54, 1.807) is 0 Å². The Labute approximate surface area is 138 Å². The van der Waals surface area contributed by atoms with Crippen molar-refractivity contribution in [3.8, 4) is 0 Å². The first-order chi connectivity index (χ1) is 10.5. The highest BCUT2D eigenvalue weighted by Gasteiger charge is 2.34. The summed E-state index contributed by atoms with van der Waals surface area (Å²) in [4.78, 5) is 7.02. The number of nitrogens with zero attached hydrogens (tertiary/aromatic N) is 3. The van der Waals surface area contributed by atoms with E-state index in [4.69, 9.17) is 11.6 Å². The van der Waals surface area contributed by atoms with Crippen LogP contribution in [-0.2, 0) is 0 Å². The summed E-state index contributed by atoms with van der Waals surface area (Å²) in [6, 6.07) is 8.06. The molecule has 0 aromatic heterocycles. The molecule has 0 aliphatic carbocycles. The van der Waals surface area contributed by atoms with Crippen LogP contribution in [0.4, 0.5) is 5.69 Å². The van der Waals surface area contributed by atoms with Crippen LogP contribution in [0.2, 0.25) is 5.02 Å². The summed E-state index contributed by atoms with van der Waals surface area (Å²) in [5.74, 6) is 0. The van der Waals surface area contributed by atoms with Gasteiger partial charge in [-0.15, -0.1) is 0 Å². The van der Waals surface area contributed by atoms with Gasteiger partial charge in [-0.1, -0.05) is 17.7 Å². The Morgan fingerprint density at radius 2 is 1.95 bits per heavy atom. The van der Waals surface area contributed by atoms with Gasteiger partial charge in [0.15, 0.2) is 0 Å². The van der Waals surface area contributed by atoms with Crippen LogP contribution in [0.25, 0.3) is 0 Å². The number of rotatable bonds is 3. The lowest BCUT2D eigenvalue weighted by molar-refractivity contribution is -0.0478. The summed E-state index contributed by atoms with van der Waals surface area (Å²) in [5.41, 5.74) is 0.661. The van der Waals surface area contributed by atoms with Gasteiger partial charge in [-0.3, -0.25) is 4.90 Å². The molecule has 4 nitrogen and oxygen atoms in total. The Morgan fingerprint density at radius 3 is 2.64 bits per heavy atom. The largest absolute Gasteiger partial charge is 0.387 e. The van der Waals surface area contributed by atoms with Crippen molar-refractivity contribution < 1.29 is 5.11 Å². The first kappa shape index (κ1) is 16.1. The molecule has 0 spiro atoms. The van der Waals surface area contributed by atoms with E-state index in [0.29, 0.717) is 0 Å². The number of likely N-dealkylation sites (tertiary alicyclic amines) is 1. The quantitative estimate of drug-likeness (QED) is 0.920. The molecular weight excluding hydrogens is 298 g/mol. The molecule has 2 saturated heterocycles. The van der Waals surface area contributed by atoms with Gasteiger partial charge in [-0.25, -0.2) is 0 Å². The van der Waals surface area contributed by atoms with Gasteiger partial charge in [-0.2, -0.15) is 0 Å². The lowest BCUT2D eigenvalue weighted by Crippen LogP contribution is -2.56. The van der Waals surface area contributed by atoms with Crippen LogP contribution in [0.3, 0.4) is 0 Å². The lowest BCUT2D eigenvalue weighted by atomic mass is 9.92. The summed E-state index contributed by atoms with van der Waals surface area (Å²) in [6.45, 7) is 6.67. The van der Waals surface area contributed by atoms with E-state index in [2.05, 4.69) is 27.8 Å². The molecule has 2 aliphatic heterocycles. The SMILES string of the molecule is CN1CCCC(O)(CN2CCN(c3cccc(Cl)c3)CC2)C1. The summed E-state index contributed by atoms with van der Waals surface area (Å²) >= 11 is 6.08. The molecule has 1 unspecified atom stereocenters. The first-order valence-electron chi connectivity index (χ1n) is 8.18. The fraction of sp³-hybridized carbons (Fsp3) is 0.647. The van der Waals surface area contributed by atoms with Crippen LogP contribution < -0.4 is 4.90 Å². The Balaban J connectivity index is 1.53. The van der Waals surface area contributed by atoms with Crippen LogP contribution in [0, 0.1) is 0 Å². The van der Waals surface area contributed by atoms with Crippen LogP contribution >= 0.6 is 11.6 Å². The fourth-order valence-electron chi connectivity index (χ4n) is 3.72. The molecule has 2 heterocycles. The molecule has 2 aliphatic rings. The molecule has 1 N–H and O–H groups in total. The van der Waals surface area contributed by atoms with Crippen molar-refractivity contribution in [3.05, 3.63) is 29.3 Å². The second kappa shape index (κ2) is 6.75. The zero-order valence-corrected chi connectivity index (χ0v) is 14.1. The maximum absolute atomic E-state index is 10.8. The molecule has 1 atom stereocenters. The number of likely N-dealkylation sites (N-methyl/N-ethyl adjacent to an activating group) is 1. The van der Waals surface area contributed by atoms with Gasteiger partial charge in [0.25, 0.3) is 0 Å². The van der Waals surface area contributed by atoms with Gasteiger partial charge < -0.3 is 14.9 Å². The van der Waals surface area contributed by atoms with Gasteiger partial charge in [0, 0.05) is 50.0 Å². The molecule has 1 aromatic carbocycles. The second-order valence-corrected chi connectivity index (χ2v) is 7.25. The minimum absolute atomic E-state index is 0.536. The van der Waals surface area contributed by atoms with E-state index < -0.39 is 5.60 Å². The van der Waals surface area contributed by atoms with Crippen molar-refractivity contribution >= 4 is 17.3 Å². The van der Waals surface area contributed by atoms with Crippen LogP contribution in [0.1, 0.15) is 12.8 Å². The standard InChI is InChI=1S/C17H26ClN3O/c1-19-7-3-6-17(22,13-19)14-20-8-10-21(11-9-20)16-5-2-4-15(18)12-16/h2,4-5,12,22H,3,6-11,13-14H2,1H3. The number of β-amino-alcohol motifs (C(OH)–C–C–N with tert-alkyl or cyclic N) is 1. The van der Waals surface area contributed by atoms with E-state index in [0.717, 1.165) is 63.7 Å². The summed E-state index contributed by atoms with van der Waals surface area (Å²) in [6.07, 6.45) is 2.02. The van der Waals surface area contributed by atoms with Crippen LogP contribution in [0.5, 0.6) is 0 Å². The van der Waals surface area contributed by atoms with Crippen LogP contribution in [0.15, 0.2) is 24.3 Å². The lowest BCUT2D eigenvalue weighted by Gasteiger charge is -2.43. The van der Waals surface area contributed by atoms with E-state index in [1.165, 1.54) is 5.69 Å². The molecule has 22 heavy (non-hydrogen) atoms. The number of halogens is 1. The number of anilines is 1. The third kappa shape index (κ3) is 3.93. The van der Waals surface area contributed by atoms with Crippen molar-refractivity contribution in [2.75, 3.05) is 57.8 Å². The summed E-state index contributed by atoms with van der Waals surface area (Å²) in [5, 5.41) is 11.6. The minimum atomic E-state index is -0.536. The maximum atomic E-state index is 10.8. The minimum Gasteiger partial charge on any atom is -0.387 e. The van der Waals surface area contributed by atoms with Crippen molar-refractivity contribution in [2.45, 2.75) is 18.4 Å². The predicted octanol–water partition coefficient (Wildman–Crippen LogP) is 1.92. The molecule has 2 fully saturated rings. The van der Waals surface area contributed by atoms with Crippen LogP contribution in [-0.4, -0.2) is 73.4 Å². The third-order valence-electron chi connectivity index (χ3n) is 4.81. The Hall–Kier alpha value is -0.810. The van der Waals surface area contributed by atoms with E-state index in [9.17, 15) is 5.11 Å². The van der Waals surface area contributed by atoms with E-state index >= 15 is 0 Å². The van der Waals surface area contributed by atoms with Gasteiger partial charge in [0.1, 0.15) is 0 Å². The molecule has 1 aromatic rings. The number of piperidine rings is 1. The van der Waals surface area contributed by atoms with Crippen molar-refractivity contribution in [1.82, 2.24) is 9.80 Å². The summed E-state index contributed by atoms with van der Waals surface area (Å²) < 4.78 is 0. The van der Waals surface area contributed by atoms with E-state index in [-0.39, 0.29) is 0 Å². The zero-order valence-electron chi connectivity index (χ0n) is 13.3. The first-order valence-corrected chi connectivity index (χ1v) is 8.56. The molecule has 5 heteroatoms. The predicted molar refractivity (Wildman–Crippen MR) is 91.8 cm³/mol. The molecule has 0 radical (unpaired) electrons. The average molecular weight is 324 g/mol. The molecule has 0 bridgehead atoms. The molecule has 3 rings (SSSR count). The highest BCUT2D eigenvalue weighted by molar-refractivity contribution is 6.30. The fourth-order valence-corrected chi connectivity index (χ4v) is 3.91. The molecule has 122 valence electrons. The Morgan fingerprint density at radius 1 is 1.18 bits per heavy atom. The Kier molecular flexibility index (Phi) is 4.93. The van der Waals surface area contributed by atoms with Crippen molar-refractivity contribution in [2.24, 2.45) is 0 Å². The highest BCUT2D eigenvalue weighted by atomic mass is 35.5. The normalized spacial score (nSPS) is 28.0. The smallest absolute Gasteiger partial charge is 0.0900 e.